The van der Waals surface area contributed by atoms with Gasteiger partial charge in [-0.1, -0.05) is 19.9 Å². The Morgan fingerprint density at radius 3 is 1.64 bits per heavy atom. The quantitative estimate of drug-likeness (QED) is 0.211. The average molecular weight is 556 g/mol. The van der Waals surface area contributed by atoms with Crippen molar-refractivity contribution in [3.05, 3.63) is 23.8 Å². The summed E-state index contributed by atoms with van der Waals surface area (Å²) in [6, 6.07) is 3.18. The molecule has 2 unspecified atom stereocenters. The van der Waals surface area contributed by atoms with Crippen LogP contribution in [-0.2, 0) is 34.9 Å². The fraction of sp³-hybridized carbons (Fsp3) is 0.630. The van der Waals surface area contributed by atoms with Gasteiger partial charge in [0.15, 0.2) is 11.5 Å². The van der Waals surface area contributed by atoms with Gasteiger partial charge in [-0.25, -0.2) is 14.4 Å². The van der Waals surface area contributed by atoms with Gasteiger partial charge < -0.3 is 38.9 Å². The lowest BCUT2D eigenvalue weighted by Gasteiger charge is -2.23. The van der Waals surface area contributed by atoms with Crippen LogP contribution in [0.15, 0.2) is 18.2 Å². The molecule has 0 spiro atoms. The molecular weight excluding hydrogens is 514 g/mol. The van der Waals surface area contributed by atoms with Gasteiger partial charge >= 0.3 is 24.4 Å². The minimum absolute atomic E-state index is 0.0129. The predicted molar refractivity (Wildman–Crippen MR) is 139 cm³/mol. The van der Waals surface area contributed by atoms with Crippen LogP contribution in [0.25, 0.3) is 0 Å². The molecule has 0 saturated heterocycles. The molecule has 0 aliphatic heterocycles. The summed E-state index contributed by atoms with van der Waals surface area (Å²) < 4.78 is 36.0. The number of carbonyl (C=O) groups is 4. The third kappa shape index (κ3) is 12.7. The smallest absolute Gasteiger partial charge is 0.458 e. The largest absolute Gasteiger partial charge is 0.514 e. The summed E-state index contributed by atoms with van der Waals surface area (Å²) in [5.41, 5.74) is 6.52. The first-order chi connectivity index (χ1) is 18.1. The van der Waals surface area contributed by atoms with E-state index in [9.17, 15) is 19.2 Å². The molecule has 4 atom stereocenters. The van der Waals surface area contributed by atoms with E-state index in [0.29, 0.717) is 5.56 Å². The molecular formula is C27H41NO11. The highest BCUT2D eigenvalue weighted by Crippen LogP contribution is 2.30. The number of carbonyl (C=O) groups excluding carboxylic acids is 4. The second kappa shape index (κ2) is 15.8. The Morgan fingerprint density at radius 2 is 1.13 bits per heavy atom. The van der Waals surface area contributed by atoms with Gasteiger partial charge in [0.1, 0.15) is 24.4 Å². The van der Waals surface area contributed by atoms with Gasteiger partial charge in [0, 0.05) is 0 Å². The van der Waals surface area contributed by atoms with Crippen LogP contribution in [0.2, 0.25) is 0 Å². The Morgan fingerprint density at radius 1 is 0.641 bits per heavy atom. The molecule has 0 radical (unpaired) electrons. The van der Waals surface area contributed by atoms with Crippen molar-refractivity contribution in [2.24, 2.45) is 11.7 Å². The lowest BCUT2D eigenvalue weighted by Crippen LogP contribution is -2.39. The van der Waals surface area contributed by atoms with Crippen molar-refractivity contribution in [3.8, 4) is 11.5 Å². The monoisotopic (exact) mass is 555 g/mol. The van der Waals surface area contributed by atoms with Crippen LogP contribution in [0.4, 0.5) is 14.4 Å². The first-order valence-electron chi connectivity index (χ1n) is 12.8. The highest BCUT2D eigenvalue weighted by Gasteiger charge is 2.26. The van der Waals surface area contributed by atoms with Gasteiger partial charge in [-0.15, -0.1) is 0 Å². The van der Waals surface area contributed by atoms with Crippen LogP contribution in [0.5, 0.6) is 11.5 Å². The summed E-state index contributed by atoms with van der Waals surface area (Å²) in [6.45, 7) is 15.3. The van der Waals surface area contributed by atoms with E-state index in [4.69, 9.17) is 38.9 Å². The first kappa shape index (κ1) is 33.5. The fourth-order valence-corrected chi connectivity index (χ4v) is 2.72. The maximum Gasteiger partial charge on any atom is 0.514 e. The van der Waals surface area contributed by atoms with Gasteiger partial charge in [0.05, 0.1) is 12.2 Å². The molecule has 0 heterocycles. The predicted octanol–water partition coefficient (Wildman–Crippen LogP) is 4.92. The van der Waals surface area contributed by atoms with Gasteiger partial charge in [0.25, 0.3) is 0 Å². The molecule has 0 aliphatic carbocycles. The SMILES string of the molecule is CC(C)OC(=O)Oc1ccc(C[C@H](N)C(=O)O[C@@H](C)C(C)OC(=O)OC(C)C(C)C)cc1OC(=O)OC(C)C. The molecule has 220 valence electrons. The van der Waals surface area contributed by atoms with E-state index in [1.807, 2.05) is 13.8 Å². The molecule has 0 aliphatic rings. The number of benzene rings is 1. The second-order valence-electron chi connectivity index (χ2n) is 9.91. The van der Waals surface area contributed by atoms with Crippen LogP contribution >= 0.6 is 0 Å². The minimum Gasteiger partial charge on any atom is -0.458 e. The van der Waals surface area contributed by atoms with E-state index < -0.39 is 54.9 Å². The van der Waals surface area contributed by atoms with Crippen molar-refractivity contribution >= 4 is 24.4 Å². The average Bonchev–Trinajstić information content (AvgIpc) is 2.79. The normalized spacial score (nSPS) is 14.2. The van der Waals surface area contributed by atoms with E-state index in [1.165, 1.54) is 18.2 Å². The van der Waals surface area contributed by atoms with Crippen molar-refractivity contribution in [2.45, 2.75) is 105 Å². The van der Waals surface area contributed by atoms with Crippen LogP contribution in [-0.4, -0.2) is 61.0 Å². The number of rotatable bonds is 12. The summed E-state index contributed by atoms with van der Waals surface area (Å²) >= 11 is 0. The zero-order chi connectivity index (χ0) is 29.9. The third-order valence-corrected chi connectivity index (χ3v) is 5.28. The van der Waals surface area contributed by atoms with Crippen LogP contribution < -0.4 is 15.2 Å². The molecule has 0 saturated carbocycles. The first-order valence-corrected chi connectivity index (χ1v) is 12.8. The number of hydrogen-bond acceptors (Lipinski definition) is 12. The zero-order valence-corrected chi connectivity index (χ0v) is 24.0. The summed E-state index contributed by atoms with van der Waals surface area (Å²) in [5.74, 6) is -0.866. The molecule has 2 N–H and O–H groups in total. The molecule has 0 fully saturated rings. The van der Waals surface area contributed by atoms with E-state index in [-0.39, 0.29) is 29.9 Å². The summed E-state index contributed by atoms with van der Waals surface area (Å²) in [4.78, 5) is 48.6. The lowest BCUT2D eigenvalue weighted by atomic mass is 10.1. The van der Waals surface area contributed by atoms with E-state index in [0.717, 1.165) is 0 Å². The molecule has 1 rings (SSSR count). The van der Waals surface area contributed by atoms with Crippen LogP contribution in [0, 0.1) is 5.92 Å². The molecule has 12 nitrogen and oxygen atoms in total. The van der Waals surface area contributed by atoms with E-state index in [1.54, 1.807) is 48.5 Å². The Kier molecular flexibility index (Phi) is 13.5. The highest BCUT2D eigenvalue weighted by molar-refractivity contribution is 5.76. The lowest BCUT2D eigenvalue weighted by molar-refractivity contribution is -0.155. The third-order valence-electron chi connectivity index (χ3n) is 5.28. The fourth-order valence-electron chi connectivity index (χ4n) is 2.72. The summed E-state index contributed by atoms with van der Waals surface area (Å²) in [6.07, 6.45) is -5.70. The number of hydrogen-bond donors (Lipinski definition) is 1. The van der Waals surface area contributed by atoms with Gasteiger partial charge in [-0.3, -0.25) is 4.79 Å². The van der Waals surface area contributed by atoms with Crippen LogP contribution in [0.3, 0.4) is 0 Å². The molecule has 1 aromatic rings. The molecule has 1 aromatic carbocycles. The zero-order valence-electron chi connectivity index (χ0n) is 24.0. The van der Waals surface area contributed by atoms with Crippen molar-refractivity contribution in [3.63, 3.8) is 0 Å². The van der Waals surface area contributed by atoms with Crippen molar-refractivity contribution in [1.29, 1.82) is 0 Å². The molecule has 39 heavy (non-hydrogen) atoms. The molecule has 0 aromatic heterocycles. The van der Waals surface area contributed by atoms with E-state index >= 15 is 0 Å². The number of ether oxygens (including phenoxy) is 7. The number of esters is 1. The Bertz CT molecular complexity index is 976. The Labute approximate surface area is 229 Å². The topological polar surface area (TPSA) is 159 Å². The van der Waals surface area contributed by atoms with E-state index in [2.05, 4.69) is 0 Å². The maximum atomic E-state index is 12.6. The second-order valence-corrected chi connectivity index (χ2v) is 9.91. The minimum atomic E-state index is -1.11. The molecule has 12 heteroatoms. The van der Waals surface area contributed by atoms with Gasteiger partial charge in [0.2, 0.25) is 0 Å². The highest BCUT2D eigenvalue weighted by atomic mass is 16.8. The summed E-state index contributed by atoms with van der Waals surface area (Å²) in [7, 11) is 0. The number of nitrogens with two attached hydrogens (primary N) is 1. The van der Waals surface area contributed by atoms with Crippen molar-refractivity contribution in [2.75, 3.05) is 0 Å². The Balaban J connectivity index is 2.88. The molecule has 0 amide bonds. The van der Waals surface area contributed by atoms with Crippen molar-refractivity contribution in [1.82, 2.24) is 0 Å². The van der Waals surface area contributed by atoms with Gasteiger partial charge in [-0.05, 0) is 78.5 Å². The maximum absolute atomic E-state index is 12.6. The van der Waals surface area contributed by atoms with Gasteiger partial charge in [-0.2, -0.15) is 0 Å². The van der Waals surface area contributed by atoms with Crippen molar-refractivity contribution < 1.29 is 52.3 Å². The standard InChI is InChI=1S/C27H41NO11/c1-14(2)17(7)36-27(32)37-19(9)18(8)35-24(29)21(28)12-20-10-11-22(38-25(30)33-15(3)4)23(13-20)39-26(31)34-16(5)6/h10-11,13-19,21H,12,28H2,1-9H3/t17?,18-,19?,21-/m0/s1. The summed E-state index contributed by atoms with van der Waals surface area (Å²) in [5, 5.41) is 0. The van der Waals surface area contributed by atoms with Crippen LogP contribution in [0.1, 0.15) is 67.9 Å². The molecule has 0 bridgehead atoms. The Hall–Kier alpha value is -3.54.